The normalized spacial score (nSPS) is 15.8. The minimum absolute atomic E-state index is 0.0365. The maximum atomic E-state index is 12.1. The summed E-state index contributed by atoms with van der Waals surface area (Å²) in [7, 11) is 0. The van der Waals surface area contributed by atoms with Gasteiger partial charge in [-0.2, -0.15) is 11.8 Å². The molecule has 0 unspecified atom stereocenters. The number of amides is 2. The molecule has 1 heterocycles. The highest BCUT2D eigenvalue weighted by atomic mass is 32.2. The molecule has 1 N–H and O–H groups in total. The Bertz CT molecular complexity index is 319. The first-order valence-corrected chi connectivity index (χ1v) is 6.57. The Morgan fingerprint density at radius 2 is 2.18 bits per heavy atom. The lowest BCUT2D eigenvalue weighted by atomic mass is 10.4. The summed E-state index contributed by atoms with van der Waals surface area (Å²) in [6.07, 6.45) is 6.08. The summed E-state index contributed by atoms with van der Waals surface area (Å²) in [6.45, 7) is 1.03. The van der Waals surface area contributed by atoms with E-state index >= 15 is 0 Å². The van der Waals surface area contributed by atoms with Gasteiger partial charge in [0.1, 0.15) is 6.54 Å². The molecular formula is C11H16N2O3S. The minimum Gasteiger partial charge on any atom is -0.480 e. The van der Waals surface area contributed by atoms with Crippen molar-refractivity contribution in [2.75, 3.05) is 37.7 Å². The fraction of sp³-hybridized carbons (Fsp3) is 0.636. The Labute approximate surface area is 105 Å². The van der Waals surface area contributed by atoms with Gasteiger partial charge in [0.25, 0.3) is 0 Å². The van der Waals surface area contributed by atoms with Gasteiger partial charge in [-0.3, -0.25) is 4.79 Å². The maximum Gasteiger partial charge on any atom is 0.323 e. The third-order valence-electron chi connectivity index (χ3n) is 2.37. The van der Waals surface area contributed by atoms with Crippen molar-refractivity contribution in [3.8, 4) is 12.3 Å². The Kier molecular flexibility index (Phi) is 5.70. The van der Waals surface area contributed by atoms with Gasteiger partial charge in [0.15, 0.2) is 0 Å². The number of carbonyl (C=O) groups is 2. The van der Waals surface area contributed by atoms with Crippen LogP contribution >= 0.6 is 11.8 Å². The van der Waals surface area contributed by atoms with Crippen LogP contribution in [-0.2, 0) is 4.79 Å². The monoisotopic (exact) mass is 256 g/mol. The van der Waals surface area contributed by atoms with Crippen LogP contribution in [0.3, 0.4) is 0 Å². The summed E-state index contributed by atoms with van der Waals surface area (Å²) >= 11 is 1.81. The minimum atomic E-state index is -1.04. The fourth-order valence-corrected chi connectivity index (χ4v) is 2.49. The van der Waals surface area contributed by atoms with Gasteiger partial charge in [-0.25, -0.2) is 4.79 Å². The molecule has 0 radical (unpaired) electrons. The summed E-state index contributed by atoms with van der Waals surface area (Å²) in [5.74, 6) is 3.21. The van der Waals surface area contributed by atoms with Crippen molar-refractivity contribution >= 4 is 23.8 Å². The van der Waals surface area contributed by atoms with E-state index in [0.717, 1.165) is 17.9 Å². The number of thioether (sulfide) groups is 1. The highest BCUT2D eigenvalue weighted by molar-refractivity contribution is 7.99. The lowest BCUT2D eigenvalue weighted by Crippen LogP contribution is -2.46. The third kappa shape index (κ3) is 4.57. The van der Waals surface area contributed by atoms with Crippen molar-refractivity contribution in [2.24, 2.45) is 0 Å². The Hall–Kier alpha value is -1.35. The van der Waals surface area contributed by atoms with Crippen LogP contribution in [0.25, 0.3) is 0 Å². The highest BCUT2D eigenvalue weighted by Crippen LogP contribution is 2.11. The van der Waals surface area contributed by atoms with Crippen LogP contribution in [0.4, 0.5) is 4.79 Å². The van der Waals surface area contributed by atoms with Crippen LogP contribution in [-0.4, -0.2) is 64.6 Å². The number of hydrogen-bond donors (Lipinski definition) is 1. The molecule has 1 rings (SSSR count). The number of carboxylic acids is 1. The third-order valence-corrected chi connectivity index (χ3v) is 3.42. The van der Waals surface area contributed by atoms with Gasteiger partial charge in [-0.05, 0) is 12.2 Å². The first kappa shape index (κ1) is 13.7. The molecule has 5 nitrogen and oxygen atoms in total. The number of aliphatic carboxylic acids is 1. The Morgan fingerprint density at radius 1 is 1.41 bits per heavy atom. The van der Waals surface area contributed by atoms with Crippen LogP contribution in [0.1, 0.15) is 6.42 Å². The Balaban J connectivity index is 2.61. The van der Waals surface area contributed by atoms with Crippen LogP contribution < -0.4 is 0 Å². The van der Waals surface area contributed by atoms with Gasteiger partial charge in [-0.1, -0.05) is 5.92 Å². The molecule has 1 aliphatic heterocycles. The standard InChI is InChI=1S/C11H16N2O3S/c1-2-4-13(9-10(14)15)11(16)12-5-3-7-17-8-6-12/h1H,3-9H2,(H,14,15). The lowest BCUT2D eigenvalue weighted by molar-refractivity contribution is -0.137. The zero-order valence-electron chi connectivity index (χ0n) is 9.59. The first-order valence-electron chi connectivity index (χ1n) is 5.42. The van der Waals surface area contributed by atoms with E-state index in [1.54, 1.807) is 16.7 Å². The largest absolute Gasteiger partial charge is 0.480 e. The molecule has 0 aliphatic carbocycles. The summed E-state index contributed by atoms with van der Waals surface area (Å²) < 4.78 is 0. The molecule has 0 aromatic heterocycles. The van der Waals surface area contributed by atoms with Crippen LogP contribution in [0, 0.1) is 12.3 Å². The molecule has 0 atom stereocenters. The van der Waals surface area contributed by atoms with Crippen molar-refractivity contribution < 1.29 is 14.7 Å². The van der Waals surface area contributed by atoms with E-state index in [0.29, 0.717) is 13.1 Å². The number of nitrogens with zero attached hydrogens (tertiary/aromatic N) is 2. The second kappa shape index (κ2) is 7.07. The molecule has 0 spiro atoms. The second-order valence-electron chi connectivity index (χ2n) is 3.69. The predicted octanol–water partition coefficient (Wildman–Crippen LogP) is 0.565. The van der Waals surface area contributed by atoms with Crippen molar-refractivity contribution in [3.63, 3.8) is 0 Å². The number of carbonyl (C=O) groups excluding carboxylic acids is 1. The molecule has 0 aromatic carbocycles. The average molecular weight is 256 g/mol. The van der Waals surface area contributed by atoms with Crippen LogP contribution in [0.15, 0.2) is 0 Å². The number of hydrogen-bond acceptors (Lipinski definition) is 3. The zero-order valence-corrected chi connectivity index (χ0v) is 10.4. The van der Waals surface area contributed by atoms with Gasteiger partial charge < -0.3 is 14.9 Å². The van der Waals surface area contributed by atoms with E-state index in [4.69, 9.17) is 11.5 Å². The van der Waals surface area contributed by atoms with Crippen molar-refractivity contribution in [3.05, 3.63) is 0 Å². The number of terminal acetylenes is 1. The molecule has 94 valence electrons. The van der Waals surface area contributed by atoms with E-state index in [2.05, 4.69) is 5.92 Å². The van der Waals surface area contributed by atoms with Gasteiger partial charge in [-0.15, -0.1) is 6.42 Å². The summed E-state index contributed by atoms with van der Waals surface area (Å²) in [4.78, 5) is 25.6. The lowest BCUT2D eigenvalue weighted by Gasteiger charge is -2.27. The SMILES string of the molecule is C#CCN(CC(=O)O)C(=O)N1CCCSCC1. The van der Waals surface area contributed by atoms with Gasteiger partial charge in [0, 0.05) is 18.8 Å². The smallest absolute Gasteiger partial charge is 0.323 e. The van der Waals surface area contributed by atoms with E-state index in [-0.39, 0.29) is 19.1 Å². The zero-order chi connectivity index (χ0) is 12.7. The van der Waals surface area contributed by atoms with E-state index in [1.807, 2.05) is 0 Å². The predicted molar refractivity (Wildman–Crippen MR) is 67.0 cm³/mol. The molecular weight excluding hydrogens is 240 g/mol. The first-order chi connectivity index (χ1) is 8.15. The molecule has 17 heavy (non-hydrogen) atoms. The van der Waals surface area contributed by atoms with Gasteiger partial charge in [0.2, 0.25) is 0 Å². The molecule has 0 saturated carbocycles. The molecule has 1 aliphatic rings. The highest BCUT2D eigenvalue weighted by Gasteiger charge is 2.22. The topological polar surface area (TPSA) is 60.9 Å². The molecule has 0 bridgehead atoms. The van der Waals surface area contributed by atoms with Gasteiger partial charge >= 0.3 is 12.0 Å². The molecule has 6 heteroatoms. The summed E-state index contributed by atoms with van der Waals surface area (Å²) in [5.41, 5.74) is 0. The van der Waals surface area contributed by atoms with E-state index in [1.165, 1.54) is 4.90 Å². The van der Waals surface area contributed by atoms with Crippen molar-refractivity contribution in [1.29, 1.82) is 0 Å². The van der Waals surface area contributed by atoms with Crippen LogP contribution in [0.2, 0.25) is 0 Å². The number of urea groups is 1. The maximum absolute atomic E-state index is 12.1. The van der Waals surface area contributed by atoms with Crippen molar-refractivity contribution in [1.82, 2.24) is 9.80 Å². The second-order valence-corrected chi connectivity index (χ2v) is 4.91. The van der Waals surface area contributed by atoms with Gasteiger partial charge in [0.05, 0.1) is 6.54 Å². The van der Waals surface area contributed by atoms with E-state index in [9.17, 15) is 9.59 Å². The van der Waals surface area contributed by atoms with Crippen molar-refractivity contribution in [2.45, 2.75) is 6.42 Å². The molecule has 1 saturated heterocycles. The molecule has 1 fully saturated rings. The Morgan fingerprint density at radius 3 is 2.82 bits per heavy atom. The molecule has 0 aromatic rings. The fourth-order valence-electron chi connectivity index (χ4n) is 1.60. The van der Waals surface area contributed by atoms with E-state index < -0.39 is 5.97 Å². The average Bonchev–Trinajstić information content (AvgIpc) is 2.55. The summed E-state index contributed by atoms with van der Waals surface area (Å²) in [5, 5.41) is 8.73. The van der Waals surface area contributed by atoms with Crippen LogP contribution in [0.5, 0.6) is 0 Å². The number of rotatable bonds is 3. The summed E-state index contributed by atoms with van der Waals surface area (Å²) in [6, 6.07) is -0.271. The number of carboxylic acid groups (broad SMARTS) is 1. The molecule has 2 amide bonds. The quantitative estimate of drug-likeness (QED) is 0.750.